The van der Waals surface area contributed by atoms with E-state index in [1.165, 1.54) is 0 Å². The number of halogens is 2. The van der Waals surface area contributed by atoms with E-state index >= 15 is 0 Å². The molecule has 0 atom stereocenters. The van der Waals surface area contributed by atoms with Crippen LogP contribution in [0.1, 0.15) is 11.8 Å². The van der Waals surface area contributed by atoms with E-state index in [0.717, 1.165) is 21.5 Å². The summed E-state index contributed by atoms with van der Waals surface area (Å²) in [4.78, 5) is 10.5. The third-order valence-electron chi connectivity index (χ3n) is 2.44. The van der Waals surface area contributed by atoms with Crippen molar-refractivity contribution < 1.29 is 8.78 Å². The van der Waals surface area contributed by atoms with Crippen molar-refractivity contribution in [1.29, 1.82) is 0 Å². The first-order valence-corrected chi connectivity index (χ1v) is 6.46. The van der Waals surface area contributed by atoms with Gasteiger partial charge in [-0.1, -0.05) is 6.92 Å². The van der Waals surface area contributed by atoms with Crippen LogP contribution in [0.15, 0.2) is 6.07 Å². The van der Waals surface area contributed by atoms with Gasteiger partial charge in [0.1, 0.15) is 10.6 Å². The summed E-state index contributed by atoms with van der Waals surface area (Å²) in [6.45, 7) is 1.63. The molecule has 0 amide bonds. The second kappa shape index (κ2) is 5.43. The Hall–Kier alpha value is -1.50. The topological polar surface area (TPSA) is 49.8 Å². The van der Waals surface area contributed by atoms with Crippen molar-refractivity contribution in [1.82, 2.24) is 9.97 Å². The van der Waals surface area contributed by atoms with E-state index in [-0.39, 0.29) is 0 Å². The summed E-state index contributed by atoms with van der Waals surface area (Å²) in [5, 5.41) is 6.30. The number of aryl methyl sites for hydroxylation is 1. The van der Waals surface area contributed by atoms with Crippen LogP contribution in [-0.4, -0.2) is 30.0 Å². The minimum atomic E-state index is -2.41. The zero-order valence-electron chi connectivity index (χ0n) is 10.1. The summed E-state index contributed by atoms with van der Waals surface area (Å²) in [6.07, 6.45) is -1.51. The number of hydrogen-bond donors (Lipinski definition) is 2. The number of nitrogens with one attached hydrogen (secondary N) is 2. The number of rotatable bonds is 5. The normalized spacial score (nSPS) is 11.2. The molecule has 18 heavy (non-hydrogen) atoms. The van der Waals surface area contributed by atoms with E-state index in [4.69, 9.17) is 0 Å². The van der Waals surface area contributed by atoms with Gasteiger partial charge in [-0.3, -0.25) is 0 Å². The van der Waals surface area contributed by atoms with E-state index in [1.807, 2.05) is 13.0 Å². The number of nitrogens with zero attached hydrogens (tertiary/aromatic N) is 2. The minimum Gasteiger partial charge on any atom is -0.364 e. The van der Waals surface area contributed by atoms with Gasteiger partial charge in [-0.2, -0.15) is 4.98 Å². The third-order valence-corrected chi connectivity index (χ3v) is 3.61. The lowest BCUT2D eigenvalue weighted by Crippen LogP contribution is -2.12. The Labute approximate surface area is 107 Å². The molecule has 0 unspecified atom stereocenters. The highest BCUT2D eigenvalue weighted by molar-refractivity contribution is 7.18. The van der Waals surface area contributed by atoms with Crippen LogP contribution in [0.2, 0.25) is 0 Å². The molecule has 2 rings (SSSR count). The van der Waals surface area contributed by atoms with E-state index in [0.29, 0.717) is 11.8 Å². The van der Waals surface area contributed by atoms with Crippen LogP contribution in [0.25, 0.3) is 10.2 Å². The third kappa shape index (κ3) is 2.66. The Kier molecular flexibility index (Phi) is 3.90. The fraction of sp³-hybridized carbons (Fsp3) is 0.455. The molecule has 0 aliphatic rings. The van der Waals surface area contributed by atoms with Crippen molar-refractivity contribution in [3.8, 4) is 0 Å². The van der Waals surface area contributed by atoms with Gasteiger partial charge in [-0.05, 0) is 12.5 Å². The lowest BCUT2D eigenvalue weighted by Gasteiger charge is -2.07. The predicted molar refractivity (Wildman–Crippen MR) is 70.8 cm³/mol. The smallest absolute Gasteiger partial charge is 0.255 e. The van der Waals surface area contributed by atoms with Crippen LogP contribution in [0, 0.1) is 0 Å². The molecule has 0 saturated carbocycles. The number of alkyl halides is 2. The quantitative estimate of drug-likeness (QED) is 0.878. The van der Waals surface area contributed by atoms with Crippen LogP contribution < -0.4 is 10.6 Å². The molecule has 0 aromatic carbocycles. The van der Waals surface area contributed by atoms with Gasteiger partial charge < -0.3 is 10.6 Å². The summed E-state index contributed by atoms with van der Waals surface area (Å²) in [7, 11) is 1.70. The average molecular weight is 272 g/mol. The molecule has 0 aliphatic heterocycles. The first-order valence-electron chi connectivity index (χ1n) is 5.64. The lowest BCUT2D eigenvalue weighted by molar-refractivity contribution is 0.163. The number of aromatic nitrogens is 2. The van der Waals surface area contributed by atoms with E-state index in [2.05, 4.69) is 20.6 Å². The predicted octanol–water partition coefficient (Wildman–Crippen LogP) is 2.97. The molecule has 0 aliphatic carbocycles. The van der Waals surface area contributed by atoms with Gasteiger partial charge in [-0.25, -0.2) is 13.8 Å². The summed E-state index contributed by atoms with van der Waals surface area (Å²) < 4.78 is 24.5. The van der Waals surface area contributed by atoms with Gasteiger partial charge in [0.15, 0.2) is 0 Å². The molecule has 2 heterocycles. The standard InChI is InChI=1S/C11H14F2N4S/c1-3-6-4-7-9(15-5-8(12)13)16-11(14-2)17-10(7)18-6/h4,8H,3,5H2,1-2H3,(H2,14,15,16,17). The van der Waals surface area contributed by atoms with E-state index in [1.54, 1.807) is 18.4 Å². The SMILES string of the molecule is CCc1cc2c(NCC(F)F)nc(NC)nc2s1. The number of thiophene rings is 1. The molecule has 0 spiro atoms. The summed E-state index contributed by atoms with van der Waals surface area (Å²) in [6, 6.07) is 1.95. The van der Waals surface area contributed by atoms with Crippen molar-refractivity contribution in [3.05, 3.63) is 10.9 Å². The van der Waals surface area contributed by atoms with Crippen LogP contribution >= 0.6 is 11.3 Å². The van der Waals surface area contributed by atoms with Gasteiger partial charge in [0, 0.05) is 11.9 Å². The van der Waals surface area contributed by atoms with Crippen molar-refractivity contribution in [2.24, 2.45) is 0 Å². The second-order valence-corrected chi connectivity index (χ2v) is 4.82. The molecule has 7 heteroatoms. The highest BCUT2D eigenvalue weighted by atomic mass is 32.1. The first-order chi connectivity index (χ1) is 8.63. The minimum absolute atomic E-state index is 0.410. The van der Waals surface area contributed by atoms with Crippen molar-refractivity contribution in [2.75, 3.05) is 24.2 Å². The zero-order chi connectivity index (χ0) is 13.1. The Morgan fingerprint density at radius 2 is 2.17 bits per heavy atom. The highest BCUT2D eigenvalue weighted by Gasteiger charge is 2.12. The van der Waals surface area contributed by atoms with Crippen LogP contribution in [0.3, 0.4) is 0 Å². The summed E-state index contributed by atoms with van der Waals surface area (Å²) >= 11 is 1.56. The Morgan fingerprint density at radius 3 is 2.78 bits per heavy atom. The maximum absolute atomic E-state index is 12.3. The fourth-order valence-corrected chi connectivity index (χ4v) is 2.53. The maximum Gasteiger partial charge on any atom is 0.255 e. The van der Waals surface area contributed by atoms with E-state index in [9.17, 15) is 8.78 Å². The Balaban J connectivity index is 2.43. The van der Waals surface area contributed by atoms with Crippen molar-refractivity contribution >= 4 is 33.3 Å². The summed E-state index contributed by atoms with van der Waals surface area (Å²) in [5.41, 5.74) is 0. The van der Waals surface area contributed by atoms with Gasteiger partial charge in [0.2, 0.25) is 5.95 Å². The molecular formula is C11H14F2N4S. The van der Waals surface area contributed by atoms with Gasteiger partial charge in [0.05, 0.1) is 11.9 Å². The van der Waals surface area contributed by atoms with Crippen molar-refractivity contribution in [2.45, 2.75) is 19.8 Å². The number of hydrogen-bond acceptors (Lipinski definition) is 5. The Bertz CT molecular complexity index is 541. The average Bonchev–Trinajstić information content (AvgIpc) is 2.78. The molecule has 2 aromatic heterocycles. The van der Waals surface area contributed by atoms with Crippen LogP contribution in [0.4, 0.5) is 20.5 Å². The molecule has 0 fully saturated rings. The number of anilines is 2. The molecule has 2 aromatic rings. The summed E-state index contributed by atoms with van der Waals surface area (Å²) in [5.74, 6) is 0.893. The van der Waals surface area contributed by atoms with Crippen LogP contribution in [0.5, 0.6) is 0 Å². The zero-order valence-corrected chi connectivity index (χ0v) is 10.9. The second-order valence-electron chi connectivity index (χ2n) is 3.70. The molecule has 98 valence electrons. The maximum atomic E-state index is 12.3. The van der Waals surface area contributed by atoms with Gasteiger partial charge >= 0.3 is 0 Å². The molecule has 0 bridgehead atoms. The molecule has 0 saturated heterocycles. The van der Waals surface area contributed by atoms with Gasteiger partial charge in [0.25, 0.3) is 6.43 Å². The van der Waals surface area contributed by atoms with Gasteiger partial charge in [-0.15, -0.1) is 11.3 Å². The van der Waals surface area contributed by atoms with Crippen LogP contribution in [-0.2, 0) is 6.42 Å². The number of fused-ring (bicyclic) bond motifs is 1. The lowest BCUT2D eigenvalue weighted by atomic mass is 10.3. The molecular weight excluding hydrogens is 258 g/mol. The first kappa shape index (κ1) is 12.9. The Morgan fingerprint density at radius 1 is 1.39 bits per heavy atom. The largest absolute Gasteiger partial charge is 0.364 e. The monoisotopic (exact) mass is 272 g/mol. The van der Waals surface area contributed by atoms with Crippen molar-refractivity contribution in [3.63, 3.8) is 0 Å². The molecule has 2 N–H and O–H groups in total. The van der Waals surface area contributed by atoms with E-state index < -0.39 is 13.0 Å². The fourth-order valence-electron chi connectivity index (χ4n) is 1.57. The molecule has 0 radical (unpaired) electrons. The molecule has 4 nitrogen and oxygen atoms in total. The highest BCUT2D eigenvalue weighted by Crippen LogP contribution is 2.30.